The van der Waals surface area contributed by atoms with Crippen molar-refractivity contribution in [2.75, 3.05) is 6.61 Å². The first kappa shape index (κ1) is 11.0. The summed E-state index contributed by atoms with van der Waals surface area (Å²) in [4.78, 5) is 15.2. The molecule has 0 aliphatic carbocycles. The monoisotopic (exact) mass is 231 g/mol. The number of ether oxygens (including phenoxy) is 1. The van der Waals surface area contributed by atoms with Crippen LogP contribution in [0, 0.1) is 18.3 Å². The minimum absolute atomic E-state index is 0.0995. The number of carbonyl (C=O) groups is 1. The van der Waals surface area contributed by atoms with Crippen LogP contribution in [-0.2, 0) is 0 Å². The van der Waals surface area contributed by atoms with Crippen LogP contribution < -0.4 is 4.74 Å². The third-order valence-electron chi connectivity index (χ3n) is 2.28. The molecule has 0 atom stereocenters. The Bertz CT molecular complexity index is 625. The van der Waals surface area contributed by atoms with E-state index in [-0.39, 0.29) is 12.3 Å². The average molecular weight is 231 g/mol. The third kappa shape index (κ3) is 1.78. The molecule has 2 aromatic rings. The number of fused-ring (bicyclic) bond motifs is 1. The summed E-state index contributed by atoms with van der Waals surface area (Å²) >= 11 is 0. The zero-order valence-electron chi connectivity index (χ0n) is 9.04. The normalized spacial score (nSPS) is 10.1. The molecule has 2 aromatic heterocycles. The fourth-order valence-corrected chi connectivity index (χ4v) is 1.64. The molecule has 0 bridgehead atoms. The molecule has 0 radical (unpaired) electrons. The molecule has 0 saturated heterocycles. The zero-order valence-corrected chi connectivity index (χ0v) is 9.04. The first-order chi connectivity index (χ1) is 8.15. The lowest BCUT2D eigenvalue weighted by atomic mass is 10.3. The van der Waals surface area contributed by atoms with Gasteiger partial charge in [0.2, 0.25) is 0 Å². The van der Waals surface area contributed by atoms with Gasteiger partial charge in [0, 0.05) is 6.20 Å². The van der Waals surface area contributed by atoms with Gasteiger partial charge in [-0.05, 0) is 19.1 Å². The fourth-order valence-electron chi connectivity index (χ4n) is 1.64. The van der Waals surface area contributed by atoms with Crippen LogP contribution in [0.15, 0.2) is 18.3 Å². The Morgan fingerprint density at radius 2 is 2.47 bits per heavy atom. The molecule has 0 aliphatic rings. The largest absolute Gasteiger partial charge is 0.477 e. The number of rotatable bonds is 3. The van der Waals surface area contributed by atoms with E-state index >= 15 is 0 Å². The Hall–Kier alpha value is -2.55. The van der Waals surface area contributed by atoms with Crippen molar-refractivity contribution in [1.29, 1.82) is 5.26 Å². The summed E-state index contributed by atoms with van der Waals surface area (Å²) in [6, 6.07) is 5.14. The van der Waals surface area contributed by atoms with Crippen molar-refractivity contribution >= 4 is 11.6 Å². The van der Waals surface area contributed by atoms with E-state index in [1.165, 1.54) is 4.40 Å². The lowest BCUT2D eigenvalue weighted by Gasteiger charge is -2.03. The minimum Gasteiger partial charge on any atom is -0.477 e. The Morgan fingerprint density at radius 3 is 3.12 bits per heavy atom. The maximum absolute atomic E-state index is 11.1. The Balaban J connectivity index is 2.63. The molecule has 86 valence electrons. The van der Waals surface area contributed by atoms with Crippen molar-refractivity contribution in [1.82, 2.24) is 9.38 Å². The Morgan fingerprint density at radius 1 is 1.71 bits per heavy atom. The van der Waals surface area contributed by atoms with Crippen molar-refractivity contribution in [2.24, 2.45) is 0 Å². The number of imidazole rings is 1. The Labute approximate surface area is 96.7 Å². The third-order valence-corrected chi connectivity index (χ3v) is 2.28. The maximum atomic E-state index is 11.1. The summed E-state index contributed by atoms with van der Waals surface area (Å²) in [5.41, 5.74) is 0.908. The number of aromatic carboxylic acids is 1. The van der Waals surface area contributed by atoms with Crippen molar-refractivity contribution in [3.05, 3.63) is 29.7 Å². The van der Waals surface area contributed by atoms with Crippen LogP contribution in [-0.4, -0.2) is 27.1 Å². The fraction of sp³-hybridized carbons (Fsp3) is 0.182. The van der Waals surface area contributed by atoms with Gasteiger partial charge in [-0.3, -0.25) is 4.40 Å². The highest BCUT2D eigenvalue weighted by Gasteiger charge is 2.17. The summed E-state index contributed by atoms with van der Waals surface area (Å²) in [6.07, 6.45) is 1.60. The molecular weight excluding hydrogens is 222 g/mol. The van der Waals surface area contributed by atoms with E-state index in [0.717, 1.165) is 0 Å². The van der Waals surface area contributed by atoms with Gasteiger partial charge in [0.15, 0.2) is 23.7 Å². The number of carboxylic acid groups (broad SMARTS) is 1. The van der Waals surface area contributed by atoms with Crippen LogP contribution >= 0.6 is 0 Å². The van der Waals surface area contributed by atoms with Crippen molar-refractivity contribution < 1.29 is 14.6 Å². The number of hydrogen-bond acceptors (Lipinski definition) is 4. The van der Waals surface area contributed by atoms with E-state index in [4.69, 9.17) is 15.1 Å². The molecule has 2 rings (SSSR count). The molecule has 6 heteroatoms. The van der Waals surface area contributed by atoms with E-state index in [0.29, 0.717) is 17.1 Å². The molecule has 0 aliphatic heterocycles. The van der Waals surface area contributed by atoms with Crippen molar-refractivity contribution in [3.8, 4) is 11.8 Å². The molecule has 0 fully saturated rings. The molecule has 2 heterocycles. The van der Waals surface area contributed by atoms with Gasteiger partial charge in [-0.1, -0.05) is 0 Å². The smallest absolute Gasteiger partial charge is 0.354 e. The summed E-state index contributed by atoms with van der Waals surface area (Å²) < 4.78 is 6.61. The van der Waals surface area contributed by atoms with Crippen LogP contribution in [0.4, 0.5) is 0 Å². The van der Waals surface area contributed by atoms with E-state index in [1.54, 1.807) is 25.3 Å². The number of pyridine rings is 1. The van der Waals surface area contributed by atoms with Crippen molar-refractivity contribution in [3.63, 3.8) is 0 Å². The van der Waals surface area contributed by atoms with E-state index in [1.807, 2.05) is 6.07 Å². The summed E-state index contributed by atoms with van der Waals surface area (Å²) in [5, 5.41) is 17.5. The van der Waals surface area contributed by atoms with Crippen LogP contribution in [0.3, 0.4) is 0 Å². The van der Waals surface area contributed by atoms with Crippen molar-refractivity contribution in [2.45, 2.75) is 6.92 Å². The van der Waals surface area contributed by atoms with Gasteiger partial charge in [-0.25, -0.2) is 9.78 Å². The molecule has 0 aromatic carbocycles. The highest BCUT2D eigenvalue weighted by molar-refractivity contribution is 5.88. The molecule has 0 spiro atoms. The average Bonchev–Trinajstić information content (AvgIpc) is 2.62. The summed E-state index contributed by atoms with van der Waals surface area (Å²) in [6.45, 7) is 1.51. The van der Waals surface area contributed by atoms with Gasteiger partial charge in [0.25, 0.3) is 0 Å². The molecule has 6 nitrogen and oxygen atoms in total. The first-order valence-corrected chi connectivity index (χ1v) is 4.86. The number of aryl methyl sites for hydroxylation is 1. The second-order valence-electron chi connectivity index (χ2n) is 3.36. The van der Waals surface area contributed by atoms with Crippen LogP contribution in [0.5, 0.6) is 5.75 Å². The molecular formula is C11H9N3O3. The SMILES string of the molecule is Cc1nc2c(OCC#N)cccn2c1C(=O)O. The molecule has 17 heavy (non-hydrogen) atoms. The lowest BCUT2D eigenvalue weighted by molar-refractivity contribution is 0.0688. The second-order valence-corrected chi connectivity index (χ2v) is 3.36. The molecule has 0 saturated carbocycles. The highest BCUT2D eigenvalue weighted by Crippen LogP contribution is 2.21. The van der Waals surface area contributed by atoms with E-state index in [2.05, 4.69) is 4.98 Å². The number of hydrogen-bond donors (Lipinski definition) is 1. The number of carboxylic acids is 1. The number of nitriles is 1. The zero-order chi connectivity index (χ0) is 12.4. The maximum Gasteiger partial charge on any atom is 0.354 e. The molecule has 1 N–H and O–H groups in total. The predicted molar refractivity (Wildman–Crippen MR) is 58.0 cm³/mol. The standard InChI is InChI=1S/C11H9N3O3/c1-7-9(11(15)16)14-5-2-3-8(10(14)13-7)17-6-4-12/h2-3,5H,6H2,1H3,(H,15,16). The predicted octanol–water partition coefficient (Wildman–Crippen LogP) is 1.24. The first-order valence-electron chi connectivity index (χ1n) is 4.86. The topological polar surface area (TPSA) is 87.6 Å². The van der Waals surface area contributed by atoms with Gasteiger partial charge in [-0.15, -0.1) is 0 Å². The van der Waals surface area contributed by atoms with Crippen LogP contribution in [0.1, 0.15) is 16.2 Å². The number of nitrogens with zero attached hydrogens (tertiary/aromatic N) is 3. The van der Waals surface area contributed by atoms with Gasteiger partial charge < -0.3 is 9.84 Å². The molecule has 0 unspecified atom stereocenters. The summed E-state index contributed by atoms with van der Waals surface area (Å²) in [7, 11) is 0. The van der Waals surface area contributed by atoms with Crippen LogP contribution in [0.2, 0.25) is 0 Å². The van der Waals surface area contributed by atoms with Crippen LogP contribution in [0.25, 0.3) is 5.65 Å². The van der Waals surface area contributed by atoms with E-state index < -0.39 is 5.97 Å². The second kappa shape index (κ2) is 4.14. The molecule has 0 amide bonds. The quantitative estimate of drug-likeness (QED) is 0.858. The Kier molecular flexibility index (Phi) is 2.66. The minimum atomic E-state index is -1.05. The lowest BCUT2D eigenvalue weighted by Crippen LogP contribution is -2.04. The van der Waals surface area contributed by atoms with E-state index in [9.17, 15) is 4.79 Å². The van der Waals surface area contributed by atoms with Gasteiger partial charge in [0.1, 0.15) is 6.07 Å². The van der Waals surface area contributed by atoms with Gasteiger partial charge in [-0.2, -0.15) is 5.26 Å². The van der Waals surface area contributed by atoms with Gasteiger partial charge in [0.05, 0.1) is 5.69 Å². The summed E-state index contributed by atoms with van der Waals surface area (Å²) in [5.74, 6) is -0.655. The number of aromatic nitrogens is 2. The van der Waals surface area contributed by atoms with Gasteiger partial charge >= 0.3 is 5.97 Å². The highest BCUT2D eigenvalue weighted by atomic mass is 16.5.